The molecule has 29 heavy (non-hydrogen) atoms. The van der Waals surface area contributed by atoms with Crippen LogP contribution in [0.5, 0.6) is 0 Å². The Morgan fingerprint density at radius 1 is 1.34 bits per heavy atom. The third kappa shape index (κ3) is 9.46. The van der Waals surface area contributed by atoms with Gasteiger partial charge < -0.3 is 30.3 Å². The molecule has 2 unspecified atom stereocenters. The number of hydrogen-bond acceptors (Lipinski definition) is 8. The number of ether oxygens (including phenoxy) is 1. The van der Waals surface area contributed by atoms with E-state index in [1.54, 1.807) is 30.4 Å². The number of hydrogen-bond donors (Lipinski definition) is 4. The molecule has 4 N–H and O–H groups in total. The van der Waals surface area contributed by atoms with Gasteiger partial charge in [-0.05, 0) is 13.3 Å². The standard InChI is InChI=1S/C12H22BN3O6.C5H6N2/c1-2-10(13(20)21)15-12(19)9(14-8-17)7-11(18)16-3-5-22-6-4-16;1-5-4-6-2-3-7-5/h8-10,20-21H,2-7H2,1H3,(H,14,17)(H,15,19);2-4H,1H3. The Morgan fingerprint density at radius 3 is 2.48 bits per heavy atom. The molecule has 1 aliphatic rings. The number of nitrogens with zero attached hydrogens (tertiary/aromatic N) is 3. The third-order valence-electron chi connectivity index (χ3n) is 4.15. The smallest absolute Gasteiger partial charge is 0.426 e. The molecule has 160 valence electrons. The van der Waals surface area contributed by atoms with Gasteiger partial charge in [-0.2, -0.15) is 0 Å². The summed E-state index contributed by atoms with van der Waals surface area (Å²) in [5.41, 5.74) is 0.961. The molecule has 1 aliphatic heterocycles. The zero-order chi connectivity index (χ0) is 21.6. The van der Waals surface area contributed by atoms with Crippen molar-refractivity contribution in [2.45, 2.75) is 38.7 Å². The van der Waals surface area contributed by atoms with Gasteiger partial charge in [0, 0.05) is 31.7 Å². The van der Waals surface area contributed by atoms with Gasteiger partial charge in [0.25, 0.3) is 0 Å². The first kappa shape index (κ1) is 24.5. The van der Waals surface area contributed by atoms with E-state index in [1.165, 1.54) is 0 Å². The molecule has 0 saturated carbocycles. The highest BCUT2D eigenvalue weighted by Gasteiger charge is 2.29. The Hall–Kier alpha value is -2.57. The second-order valence-corrected chi connectivity index (χ2v) is 6.32. The summed E-state index contributed by atoms with van der Waals surface area (Å²) < 4.78 is 5.14. The van der Waals surface area contributed by atoms with Gasteiger partial charge >= 0.3 is 7.12 Å². The van der Waals surface area contributed by atoms with Crippen LogP contribution in [0, 0.1) is 6.92 Å². The number of amides is 3. The maximum absolute atomic E-state index is 12.1. The van der Waals surface area contributed by atoms with Crippen molar-refractivity contribution < 1.29 is 29.2 Å². The molecule has 0 radical (unpaired) electrons. The van der Waals surface area contributed by atoms with Crippen LogP contribution in [0.1, 0.15) is 25.5 Å². The topological polar surface area (TPSA) is 154 Å². The van der Waals surface area contributed by atoms with Gasteiger partial charge in [-0.1, -0.05) is 6.92 Å². The fourth-order valence-electron chi connectivity index (χ4n) is 2.47. The van der Waals surface area contributed by atoms with Crippen molar-refractivity contribution in [2.75, 3.05) is 26.3 Å². The molecule has 0 bridgehead atoms. The molecule has 3 amide bonds. The molecular formula is C17H28BN5O6. The summed E-state index contributed by atoms with van der Waals surface area (Å²) in [5, 5.41) is 22.9. The first-order valence-corrected chi connectivity index (χ1v) is 9.33. The normalized spacial score (nSPS) is 15.2. The largest absolute Gasteiger partial charge is 0.475 e. The Kier molecular flexibility index (Phi) is 11.5. The van der Waals surface area contributed by atoms with E-state index in [0.717, 1.165) is 5.69 Å². The van der Waals surface area contributed by atoms with Crippen molar-refractivity contribution in [3.05, 3.63) is 24.3 Å². The minimum atomic E-state index is -1.71. The van der Waals surface area contributed by atoms with Crippen LogP contribution in [0.25, 0.3) is 0 Å². The highest BCUT2D eigenvalue weighted by atomic mass is 16.5. The zero-order valence-electron chi connectivity index (χ0n) is 16.7. The van der Waals surface area contributed by atoms with Crippen LogP contribution < -0.4 is 10.6 Å². The molecule has 0 spiro atoms. The lowest BCUT2D eigenvalue weighted by Gasteiger charge is -2.28. The lowest BCUT2D eigenvalue weighted by molar-refractivity contribution is -0.138. The van der Waals surface area contributed by atoms with Crippen molar-refractivity contribution in [1.82, 2.24) is 25.5 Å². The van der Waals surface area contributed by atoms with Gasteiger partial charge in [0.15, 0.2) is 0 Å². The van der Waals surface area contributed by atoms with E-state index in [1.807, 2.05) is 6.92 Å². The van der Waals surface area contributed by atoms with Gasteiger partial charge in [0.1, 0.15) is 6.04 Å². The number of aromatic nitrogens is 2. The number of nitrogens with one attached hydrogen (secondary N) is 2. The Bertz CT molecular complexity index is 630. The number of carbonyl (C=O) groups excluding carboxylic acids is 3. The monoisotopic (exact) mass is 409 g/mol. The van der Waals surface area contributed by atoms with E-state index < -0.39 is 25.0 Å². The molecule has 2 heterocycles. The van der Waals surface area contributed by atoms with Crippen molar-refractivity contribution in [1.29, 1.82) is 0 Å². The SMILES string of the molecule is CCC(NC(=O)C(CC(=O)N1CCOCC1)NC=O)B(O)O.Cc1cnccn1. The van der Waals surface area contributed by atoms with Gasteiger partial charge in [-0.3, -0.25) is 24.4 Å². The molecule has 1 aromatic rings. The lowest BCUT2D eigenvalue weighted by Crippen LogP contribution is -2.54. The lowest BCUT2D eigenvalue weighted by atomic mass is 9.77. The first-order chi connectivity index (χ1) is 13.9. The highest BCUT2D eigenvalue weighted by Crippen LogP contribution is 2.04. The van der Waals surface area contributed by atoms with Gasteiger partial charge in [-0.25, -0.2) is 0 Å². The Labute approximate surface area is 170 Å². The predicted molar refractivity (Wildman–Crippen MR) is 104 cm³/mol. The number of rotatable bonds is 8. The van der Waals surface area contributed by atoms with Gasteiger partial charge in [-0.15, -0.1) is 0 Å². The number of carbonyl (C=O) groups is 3. The average Bonchev–Trinajstić information content (AvgIpc) is 2.72. The Balaban J connectivity index is 0.000000502. The maximum Gasteiger partial charge on any atom is 0.475 e. The molecular weight excluding hydrogens is 381 g/mol. The fourth-order valence-corrected chi connectivity index (χ4v) is 2.47. The van der Waals surface area contributed by atoms with E-state index >= 15 is 0 Å². The van der Waals surface area contributed by atoms with Crippen LogP contribution in [0.3, 0.4) is 0 Å². The van der Waals surface area contributed by atoms with Crippen LogP contribution in [-0.2, 0) is 19.1 Å². The van der Waals surface area contributed by atoms with Crippen LogP contribution in [0.4, 0.5) is 0 Å². The van der Waals surface area contributed by atoms with E-state index in [9.17, 15) is 14.4 Å². The van der Waals surface area contributed by atoms with E-state index in [4.69, 9.17) is 14.8 Å². The maximum atomic E-state index is 12.1. The van der Waals surface area contributed by atoms with Crippen molar-refractivity contribution in [3.8, 4) is 0 Å². The molecule has 12 heteroatoms. The van der Waals surface area contributed by atoms with Crippen LogP contribution in [0.15, 0.2) is 18.6 Å². The van der Waals surface area contributed by atoms with Gasteiger partial charge in [0.05, 0.1) is 31.3 Å². The fraction of sp³-hybridized carbons (Fsp3) is 0.588. The first-order valence-electron chi connectivity index (χ1n) is 9.33. The van der Waals surface area contributed by atoms with E-state index in [-0.39, 0.29) is 12.3 Å². The number of aryl methyl sites for hydroxylation is 1. The predicted octanol–water partition coefficient (Wildman–Crippen LogP) is -1.96. The molecule has 0 aliphatic carbocycles. The third-order valence-corrected chi connectivity index (χ3v) is 4.15. The molecule has 1 saturated heterocycles. The van der Waals surface area contributed by atoms with Crippen LogP contribution in [-0.4, -0.2) is 88.5 Å². The minimum absolute atomic E-state index is 0.192. The average molecular weight is 409 g/mol. The summed E-state index contributed by atoms with van der Waals surface area (Å²) in [6.07, 6.45) is 5.51. The van der Waals surface area contributed by atoms with E-state index in [0.29, 0.717) is 39.1 Å². The molecule has 1 fully saturated rings. The van der Waals surface area contributed by atoms with E-state index in [2.05, 4.69) is 20.6 Å². The summed E-state index contributed by atoms with van der Waals surface area (Å²) in [7, 11) is -1.71. The van der Waals surface area contributed by atoms with Crippen LogP contribution >= 0.6 is 0 Å². The summed E-state index contributed by atoms with van der Waals surface area (Å²) in [6.45, 7) is 5.36. The highest BCUT2D eigenvalue weighted by molar-refractivity contribution is 6.43. The Morgan fingerprint density at radius 2 is 2.03 bits per heavy atom. The minimum Gasteiger partial charge on any atom is -0.426 e. The van der Waals surface area contributed by atoms with Crippen molar-refractivity contribution in [3.63, 3.8) is 0 Å². The summed E-state index contributed by atoms with van der Waals surface area (Å²) in [6, 6.07) is -1.05. The summed E-state index contributed by atoms with van der Waals surface area (Å²) >= 11 is 0. The summed E-state index contributed by atoms with van der Waals surface area (Å²) in [5.74, 6) is -1.76. The zero-order valence-corrected chi connectivity index (χ0v) is 16.7. The quantitative estimate of drug-likeness (QED) is 0.285. The molecule has 11 nitrogen and oxygen atoms in total. The summed E-state index contributed by atoms with van der Waals surface area (Å²) in [4.78, 5) is 44.1. The second kappa shape index (κ2) is 13.6. The number of morpholine rings is 1. The van der Waals surface area contributed by atoms with Crippen molar-refractivity contribution in [2.24, 2.45) is 0 Å². The van der Waals surface area contributed by atoms with Crippen molar-refractivity contribution >= 4 is 25.3 Å². The molecule has 2 atom stereocenters. The van der Waals surface area contributed by atoms with Crippen LogP contribution in [0.2, 0.25) is 0 Å². The second-order valence-electron chi connectivity index (χ2n) is 6.32. The molecule has 2 rings (SSSR count). The van der Waals surface area contributed by atoms with Gasteiger partial charge in [0.2, 0.25) is 18.2 Å². The molecule has 1 aromatic heterocycles. The molecule has 0 aromatic carbocycles.